The molecule has 0 saturated heterocycles. The third kappa shape index (κ3) is 4.94. The summed E-state index contributed by atoms with van der Waals surface area (Å²) in [6, 6.07) is 18.3. The number of furan rings is 1. The highest BCUT2D eigenvalue weighted by molar-refractivity contribution is 9.10. The van der Waals surface area contributed by atoms with Gasteiger partial charge in [0.2, 0.25) is 0 Å². The van der Waals surface area contributed by atoms with Gasteiger partial charge in [0.15, 0.2) is 5.11 Å². The number of nitrogens with one attached hydrogen (secondary N) is 2. The number of rotatable bonds is 4. The fourth-order valence-corrected chi connectivity index (χ4v) is 2.88. The molecule has 0 bridgehead atoms. The van der Waals surface area contributed by atoms with Gasteiger partial charge in [-0.3, -0.25) is 10.1 Å². The summed E-state index contributed by atoms with van der Waals surface area (Å²) in [5.41, 5.74) is 1.42. The molecule has 1 aromatic heterocycles. The van der Waals surface area contributed by atoms with Crippen molar-refractivity contribution in [2.45, 2.75) is 6.54 Å². The molecule has 0 aliphatic rings. The van der Waals surface area contributed by atoms with Gasteiger partial charge in [-0.25, -0.2) is 0 Å². The lowest BCUT2D eigenvalue weighted by Gasteiger charge is -2.08. The van der Waals surface area contributed by atoms with Crippen LogP contribution in [-0.2, 0) is 6.54 Å². The van der Waals surface area contributed by atoms with E-state index in [0.717, 1.165) is 15.8 Å². The lowest BCUT2D eigenvalue weighted by atomic mass is 10.2. The van der Waals surface area contributed by atoms with Gasteiger partial charge in [0.05, 0.1) is 6.54 Å². The molecule has 2 N–H and O–H groups in total. The van der Waals surface area contributed by atoms with Crippen LogP contribution in [0.5, 0.6) is 0 Å². The Kier molecular flexibility index (Phi) is 6.08. The maximum atomic E-state index is 12.1. The Morgan fingerprint density at radius 1 is 1.12 bits per heavy atom. The van der Waals surface area contributed by atoms with E-state index < -0.39 is 0 Å². The van der Waals surface area contributed by atoms with Crippen LogP contribution in [-0.4, -0.2) is 11.0 Å². The van der Waals surface area contributed by atoms with Gasteiger partial charge in [0, 0.05) is 20.6 Å². The van der Waals surface area contributed by atoms with Crippen LogP contribution in [0.1, 0.15) is 16.1 Å². The minimum atomic E-state index is -0.319. The van der Waals surface area contributed by atoms with Gasteiger partial charge in [-0.2, -0.15) is 0 Å². The normalized spacial score (nSPS) is 10.4. The van der Waals surface area contributed by atoms with Crippen molar-refractivity contribution in [1.82, 2.24) is 10.6 Å². The Hall–Kier alpha value is -2.15. The molecular formula is C19H14BrClN2O2S. The van der Waals surface area contributed by atoms with Gasteiger partial charge in [-0.15, -0.1) is 0 Å². The van der Waals surface area contributed by atoms with Crippen LogP contribution < -0.4 is 10.6 Å². The standard InChI is InChI=1S/C19H14BrClN2O2S/c20-14-6-4-12(5-7-14)17-9-8-16(25-17)11-22-19(26)23-18(24)13-2-1-3-15(21)10-13/h1-10H,11H2,(H2,22,23,24,26). The van der Waals surface area contributed by atoms with Crippen molar-refractivity contribution in [3.05, 3.63) is 81.5 Å². The zero-order valence-corrected chi connectivity index (χ0v) is 16.6. The fraction of sp³-hybridized carbons (Fsp3) is 0.0526. The average Bonchev–Trinajstić information content (AvgIpc) is 3.09. The molecule has 1 heterocycles. The summed E-state index contributed by atoms with van der Waals surface area (Å²) in [5.74, 6) is 1.16. The topological polar surface area (TPSA) is 54.3 Å². The van der Waals surface area contributed by atoms with Crippen LogP contribution in [0, 0.1) is 0 Å². The maximum absolute atomic E-state index is 12.1. The minimum absolute atomic E-state index is 0.219. The van der Waals surface area contributed by atoms with Gasteiger partial charge >= 0.3 is 0 Å². The van der Waals surface area contributed by atoms with E-state index in [1.165, 1.54) is 0 Å². The predicted octanol–water partition coefficient (Wildman–Crippen LogP) is 5.17. The lowest BCUT2D eigenvalue weighted by Crippen LogP contribution is -2.38. The Balaban J connectivity index is 1.55. The molecule has 3 rings (SSSR count). The molecule has 26 heavy (non-hydrogen) atoms. The second-order valence-electron chi connectivity index (χ2n) is 5.42. The molecule has 3 aromatic rings. The highest BCUT2D eigenvalue weighted by Crippen LogP contribution is 2.23. The monoisotopic (exact) mass is 448 g/mol. The van der Waals surface area contributed by atoms with Gasteiger partial charge < -0.3 is 9.73 Å². The molecule has 0 aliphatic carbocycles. The van der Waals surface area contributed by atoms with E-state index >= 15 is 0 Å². The van der Waals surface area contributed by atoms with Crippen LogP contribution in [0.4, 0.5) is 0 Å². The van der Waals surface area contributed by atoms with Crippen molar-refractivity contribution in [3.63, 3.8) is 0 Å². The molecule has 1 amide bonds. The van der Waals surface area contributed by atoms with E-state index in [0.29, 0.717) is 22.9 Å². The summed E-state index contributed by atoms with van der Waals surface area (Å²) in [6.07, 6.45) is 0. The van der Waals surface area contributed by atoms with Crippen molar-refractivity contribution in [1.29, 1.82) is 0 Å². The Bertz CT molecular complexity index is 941. The smallest absolute Gasteiger partial charge is 0.257 e. The van der Waals surface area contributed by atoms with E-state index in [9.17, 15) is 4.79 Å². The average molecular weight is 450 g/mol. The van der Waals surface area contributed by atoms with Crippen LogP contribution in [0.2, 0.25) is 5.02 Å². The summed E-state index contributed by atoms with van der Waals surface area (Å²) in [5, 5.41) is 6.28. The quantitative estimate of drug-likeness (QED) is 0.540. The Labute approximate surface area is 169 Å². The lowest BCUT2D eigenvalue weighted by molar-refractivity contribution is 0.0976. The molecular weight excluding hydrogens is 436 g/mol. The molecule has 0 unspecified atom stereocenters. The summed E-state index contributed by atoms with van der Waals surface area (Å²) >= 11 is 14.4. The number of hydrogen-bond donors (Lipinski definition) is 2. The van der Waals surface area contributed by atoms with E-state index in [2.05, 4.69) is 26.6 Å². The number of benzene rings is 2. The minimum Gasteiger partial charge on any atom is -0.459 e. The predicted molar refractivity (Wildman–Crippen MR) is 110 cm³/mol. The fourth-order valence-electron chi connectivity index (χ4n) is 2.26. The van der Waals surface area contributed by atoms with Gasteiger partial charge in [-0.1, -0.05) is 45.7 Å². The van der Waals surface area contributed by atoms with Crippen molar-refractivity contribution in [2.75, 3.05) is 0 Å². The largest absolute Gasteiger partial charge is 0.459 e. The van der Waals surface area contributed by atoms with Crippen molar-refractivity contribution < 1.29 is 9.21 Å². The third-order valence-electron chi connectivity index (χ3n) is 3.53. The van der Waals surface area contributed by atoms with Crippen LogP contribution >= 0.6 is 39.7 Å². The van der Waals surface area contributed by atoms with Gasteiger partial charge in [0.1, 0.15) is 11.5 Å². The van der Waals surface area contributed by atoms with Gasteiger partial charge in [0.25, 0.3) is 5.91 Å². The summed E-state index contributed by atoms with van der Waals surface area (Å²) < 4.78 is 6.81. The van der Waals surface area contributed by atoms with Crippen LogP contribution in [0.15, 0.2) is 69.6 Å². The summed E-state index contributed by atoms with van der Waals surface area (Å²) in [4.78, 5) is 12.1. The number of amides is 1. The maximum Gasteiger partial charge on any atom is 0.257 e. The molecule has 0 saturated carbocycles. The van der Waals surface area contributed by atoms with Crippen molar-refractivity contribution in [3.8, 4) is 11.3 Å². The second kappa shape index (κ2) is 8.49. The molecule has 0 aliphatic heterocycles. The SMILES string of the molecule is O=C(NC(=S)NCc1ccc(-c2ccc(Br)cc2)o1)c1cccc(Cl)c1. The Morgan fingerprint density at radius 3 is 2.62 bits per heavy atom. The highest BCUT2D eigenvalue weighted by atomic mass is 79.9. The first-order valence-electron chi connectivity index (χ1n) is 7.70. The summed E-state index contributed by atoms with van der Waals surface area (Å²) in [6.45, 7) is 0.366. The first-order valence-corrected chi connectivity index (χ1v) is 9.28. The molecule has 4 nitrogen and oxygen atoms in total. The zero-order valence-electron chi connectivity index (χ0n) is 13.5. The van der Waals surface area contributed by atoms with E-state index in [-0.39, 0.29) is 11.0 Å². The van der Waals surface area contributed by atoms with E-state index in [4.69, 9.17) is 28.2 Å². The second-order valence-corrected chi connectivity index (χ2v) is 7.18. The van der Waals surface area contributed by atoms with Crippen LogP contribution in [0.25, 0.3) is 11.3 Å². The van der Waals surface area contributed by atoms with E-state index in [1.54, 1.807) is 24.3 Å². The first kappa shape index (κ1) is 18.6. The number of carbonyl (C=O) groups excluding carboxylic acids is 1. The summed E-state index contributed by atoms with van der Waals surface area (Å²) in [7, 11) is 0. The molecule has 0 atom stereocenters. The zero-order chi connectivity index (χ0) is 18.5. The molecule has 0 radical (unpaired) electrons. The van der Waals surface area contributed by atoms with Gasteiger partial charge in [-0.05, 0) is 54.7 Å². The number of carbonyl (C=O) groups is 1. The van der Waals surface area contributed by atoms with Crippen LogP contribution in [0.3, 0.4) is 0 Å². The van der Waals surface area contributed by atoms with Crippen molar-refractivity contribution in [2.24, 2.45) is 0 Å². The van der Waals surface area contributed by atoms with Crippen molar-refractivity contribution >= 4 is 50.8 Å². The third-order valence-corrected chi connectivity index (χ3v) is 4.54. The molecule has 2 aromatic carbocycles. The number of halogens is 2. The van der Waals surface area contributed by atoms with E-state index in [1.807, 2.05) is 36.4 Å². The number of hydrogen-bond acceptors (Lipinski definition) is 3. The molecule has 0 spiro atoms. The first-order chi connectivity index (χ1) is 12.5. The highest BCUT2D eigenvalue weighted by Gasteiger charge is 2.09. The molecule has 0 fully saturated rings. The molecule has 7 heteroatoms. The Morgan fingerprint density at radius 2 is 1.88 bits per heavy atom. The molecule has 132 valence electrons. The number of thiocarbonyl (C=S) groups is 1.